The molecule has 0 aliphatic heterocycles. The molecule has 2 unspecified atom stereocenters. The third kappa shape index (κ3) is 5.42. The third-order valence-corrected chi connectivity index (χ3v) is 4.17. The molecule has 0 radical (unpaired) electrons. The zero-order valence-electron chi connectivity index (χ0n) is 12.9. The van der Waals surface area contributed by atoms with Gasteiger partial charge in [-0.3, -0.25) is 0 Å². The Morgan fingerprint density at radius 3 is 2.00 bits per heavy atom. The van der Waals surface area contributed by atoms with E-state index in [2.05, 4.69) is 46.9 Å². The molecular formula is C16H33N. The van der Waals surface area contributed by atoms with Gasteiger partial charge in [-0.15, -0.1) is 0 Å². The molecule has 0 spiro atoms. The summed E-state index contributed by atoms with van der Waals surface area (Å²) in [5, 5.41) is 3.72. The molecule has 0 saturated heterocycles. The van der Waals surface area contributed by atoms with Crippen LogP contribution in [0.3, 0.4) is 0 Å². The average molecular weight is 239 g/mol. The number of rotatable bonds is 2. The van der Waals surface area contributed by atoms with Gasteiger partial charge >= 0.3 is 0 Å². The summed E-state index contributed by atoms with van der Waals surface area (Å²) in [5.41, 5.74) is 0.726. The Kier molecular flexibility index (Phi) is 5.07. The van der Waals surface area contributed by atoms with E-state index in [0.717, 1.165) is 11.8 Å². The maximum atomic E-state index is 3.72. The second kappa shape index (κ2) is 5.73. The molecule has 0 aromatic carbocycles. The monoisotopic (exact) mass is 239 g/mol. The molecule has 1 aliphatic carbocycles. The van der Waals surface area contributed by atoms with Crippen molar-refractivity contribution in [3.63, 3.8) is 0 Å². The highest BCUT2D eigenvalue weighted by Crippen LogP contribution is 2.40. The molecule has 2 atom stereocenters. The summed E-state index contributed by atoms with van der Waals surface area (Å²) in [4.78, 5) is 0. The van der Waals surface area contributed by atoms with Gasteiger partial charge in [0.05, 0.1) is 0 Å². The van der Waals surface area contributed by atoms with E-state index in [0.29, 0.717) is 5.41 Å². The smallest absolute Gasteiger partial charge is 0.00966 e. The van der Waals surface area contributed by atoms with E-state index in [9.17, 15) is 0 Å². The summed E-state index contributed by atoms with van der Waals surface area (Å²) in [6, 6.07) is 0. The van der Waals surface area contributed by atoms with Crippen LogP contribution in [0.25, 0.3) is 0 Å². The Morgan fingerprint density at radius 1 is 0.882 bits per heavy atom. The SMILES string of the molecule is CC(C)(C)NCC1CCCCCC1C(C)(C)C. The maximum absolute atomic E-state index is 3.72. The average Bonchev–Trinajstić information content (AvgIpc) is 2.37. The zero-order valence-corrected chi connectivity index (χ0v) is 12.9. The van der Waals surface area contributed by atoms with Gasteiger partial charge in [-0.1, -0.05) is 40.0 Å². The predicted octanol–water partition coefficient (Wildman–Crippen LogP) is 4.62. The van der Waals surface area contributed by atoms with E-state index in [4.69, 9.17) is 0 Å². The number of hydrogen-bond acceptors (Lipinski definition) is 1. The molecular weight excluding hydrogens is 206 g/mol. The first-order valence-electron chi connectivity index (χ1n) is 7.45. The van der Waals surface area contributed by atoms with E-state index in [1.165, 1.54) is 38.6 Å². The Bertz CT molecular complexity index is 219. The predicted molar refractivity (Wildman–Crippen MR) is 77.3 cm³/mol. The maximum Gasteiger partial charge on any atom is 0.00966 e. The van der Waals surface area contributed by atoms with E-state index < -0.39 is 0 Å². The van der Waals surface area contributed by atoms with Crippen LogP contribution in [0.15, 0.2) is 0 Å². The van der Waals surface area contributed by atoms with Crippen LogP contribution in [0.4, 0.5) is 0 Å². The summed E-state index contributed by atoms with van der Waals surface area (Å²) in [5.74, 6) is 1.76. The fourth-order valence-electron chi connectivity index (χ4n) is 3.21. The molecule has 1 aliphatic rings. The Balaban J connectivity index is 2.63. The second-order valence-electron chi connectivity index (χ2n) is 8.00. The molecule has 1 N–H and O–H groups in total. The molecule has 0 amide bonds. The summed E-state index contributed by atoms with van der Waals surface area (Å²) >= 11 is 0. The van der Waals surface area contributed by atoms with Crippen LogP contribution in [-0.2, 0) is 0 Å². The van der Waals surface area contributed by atoms with Gasteiger partial charge in [0.2, 0.25) is 0 Å². The molecule has 102 valence electrons. The highest BCUT2D eigenvalue weighted by atomic mass is 14.9. The molecule has 0 aromatic heterocycles. The summed E-state index contributed by atoms with van der Waals surface area (Å²) in [7, 11) is 0. The van der Waals surface area contributed by atoms with Crippen molar-refractivity contribution >= 4 is 0 Å². The van der Waals surface area contributed by atoms with Crippen LogP contribution in [0.5, 0.6) is 0 Å². The molecule has 1 saturated carbocycles. The van der Waals surface area contributed by atoms with Crippen LogP contribution in [0, 0.1) is 17.3 Å². The van der Waals surface area contributed by atoms with Gasteiger partial charge in [0.1, 0.15) is 0 Å². The van der Waals surface area contributed by atoms with E-state index in [1.807, 2.05) is 0 Å². The minimum absolute atomic E-state index is 0.259. The fourth-order valence-corrected chi connectivity index (χ4v) is 3.21. The third-order valence-electron chi connectivity index (χ3n) is 4.17. The van der Waals surface area contributed by atoms with Crippen molar-refractivity contribution in [3.05, 3.63) is 0 Å². The van der Waals surface area contributed by atoms with Crippen LogP contribution in [-0.4, -0.2) is 12.1 Å². The number of hydrogen-bond donors (Lipinski definition) is 1. The Hall–Kier alpha value is -0.0400. The molecule has 1 rings (SSSR count). The van der Waals surface area contributed by atoms with Gasteiger partial charge in [0.25, 0.3) is 0 Å². The van der Waals surface area contributed by atoms with Crippen molar-refractivity contribution in [1.82, 2.24) is 5.32 Å². The lowest BCUT2D eigenvalue weighted by Crippen LogP contribution is -2.42. The highest BCUT2D eigenvalue weighted by Gasteiger charge is 2.33. The quantitative estimate of drug-likeness (QED) is 0.694. The van der Waals surface area contributed by atoms with E-state index in [-0.39, 0.29) is 5.54 Å². The van der Waals surface area contributed by atoms with Crippen molar-refractivity contribution in [2.75, 3.05) is 6.54 Å². The molecule has 1 heteroatoms. The first-order valence-corrected chi connectivity index (χ1v) is 7.45. The minimum atomic E-state index is 0.259. The van der Waals surface area contributed by atoms with Crippen LogP contribution >= 0.6 is 0 Å². The topological polar surface area (TPSA) is 12.0 Å². The van der Waals surface area contributed by atoms with Gasteiger partial charge in [0, 0.05) is 5.54 Å². The lowest BCUT2D eigenvalue weighted by molar-refractivity contribution is 0.138. The van der Waals surface area contributed by atoms with E-state index >= 15 is 0 Å². The molecule has 0 heterocycles. The largest absolute Gasteiger partial charge is 0.312 e. The van der Waals surface area contributed by atoms with Crippen molar-refractivity contribution in [2.24, 2.45) is 17.3 Å². The lowest BCUT2D eigenvalue weighted by atomic mass is 9.70. The highest BCUT2D eigenvalue weighted by molar-refractivity contribution is 4.85. The van der Waals surface area contributed by atoms with E-state index in [1.54, 1.807) is 0 Å². The first-order chi connectivity index (χ1) is 7.70. The van der Waals surface area contributed by atoms with Crippen molar-refractivity contribution in [2.45, 2.75) is 79.2 Å². The van der Waals surface area contributed by atoms with Gasteiger partial charge < -0.3 is 5.32 Å². The first kappa shape index (κ1) is 15.0. The minimum Gasteiger partial charge on any atom is -0.312 e. The van der Waals surface area contributed by atoms with Crippen LogP contribution < -0.4 is 5.32 Å². The molecule has 1 nitrogen and oxygen atoms in total. The Morgan fingerprint density at radius 2 is 1.47 bits per heavy atom. The van der Waals surface area contributed by atoms with Crippen molar-refractivity contribution in [1.29, 1.82) is 0 Å². The van der Waals surface area contributed by atoms with Crippen LogP contribution in [0.1, 0.15) is 73.6 Å². The molecule has 0 bridgehead atoms. The molecule has 17 heavy (non-hydrogen) atoms. The second-order valence-corrected chi connectivity index (χ2v) is 8.00. The van der Waals surface area contributed by atoms with Crippen LogP contribution in [0.2, 0.25) is 0 Å². The van der Waals surface area contributed by atoms with Crippen molar-refractivity contribution < 1.29 is 0 Å². The number of nitrogens with one attached hydrogen (secondary N) is 1. The molecule has 0 aromatic rings. The fraction of sp³-hybridized carbons (Fsp3) is 1.00. The van der Waals surface area contributed by atoms with Gasteiger partial charge in [0.15, 0.2) is 0 Å². The Labute approximate surface area is 109 Å². The standard InChI is InChI=1S/C16H33N/c1-15(2,3)14-11-9-7-8-10-13(14)12-17-16(4,5)6/h13-14,17H,7-12H2,1-6H3. The molecule has 1 fully saturated rings. The van der Waals surface area contributed by atoms with Crippen molar-refractivity contribution in [3.8, 4) is 0 Å². The van der Waals surface area contributed by atoms with Gasteiger partial charge in [-0.25, -0.2) is 0 Å². The summed E-state index contributed by atoms with van der Waals surface area (Å²) in [6.45, 7) is 15.3. The summed E-state index contributed by atoms with van der Waals surface area (Å²) in [6.07, 6.45) is 7.17. The lowest BCUT2D eigenvalue weighted by Gasteiger charge is -2.38. The van der Waals surface area contributed by atoms with Gasteiger partial charge in [-0.2, -0.15) is 0 Å². The van der Waals surface area contributed by atoms with Gasteiger partial charge in [-0.05, 0) is 57.4 Å². The summed E-state index contributed by atoms with van der Waals surface area (Å²) < 4.78 is 0. The zero-order chi connectivity index (χ0) is 13.1. The normalized spacial score (nSPS) is 27.9.